The number of fused-ring (bicyclic) bond motifs is 3. The Kier molecular flexibility index (Phi) is 4.96. The van der Waals surface area contributed by atoms with E-state index in [1.54, 1.807) is 0 Å². The van der Waals surface area contributed by atoms with Gasteiger partial charge in [-0.25, -0.2) is 13.8 Å². The van der Waals surface area contributed by atoms with E-state index in [4.69, 9.17) is 9.41 Å². The summed E-state index contributed by atoms with van der Waals surface area (Å²) in [7, 11) is 0. The molecule has 1 aromatic heterocycles. The SMILES string of the molecule is Cc1cc(C2=Nc3cc(CC(C)(C)C)cc4cc(C5CCC(F)(F)C5)cc2c34)c2oc3ccccc3c2c1. The lowest BCUT2D eigenvalue weighted by Gasteiger charge is -2.19. The van der Waals surface area contributed by atoms with Crippen LogP contribution in [0.2, 0.25) is 0 Å². The minimum atomic E-state index is -2.59. The van der Waals surface area contributed by atoms with Crippen molar-refractivity contribution in [1.82, 2.24) is 0 Å². The molecule has 1 fully saturated rings. The third kappa shape index (κ3) is 3.84. The second-order valence-electron chi connectivity index (χ2n) is 12.6. The summed E-state index contributed by atoms with van der Waals surface area (Å²) in [4.78, 5) is 5.22. The molecule has 0 bridgehead atoms. The fourth-order valence-corrected chi connectivity index (χ4v) is 6.57. The molecule has 0 spiro atoms. The van der Waals surface area contributed by atoms with E-state index in [1.165, 1.54) is 5.56 Å². The minimum Gasteiger partial charge on any atom is -0.455 e. The summed E-state index contributed by atoms with van der Waals surface area (Å²) >= 11 is 0. The molecule has 1 aliphatic carbocycles. The molecule has 1 saturated carbocycles. The summed E-state index contributed by atoms with van der Waals surface area (Å²) in [6.07, 6.45) is 1.30. The topological polar surface area (TPSA) is 25.5 Å². The summed E-state index contributed by atoms with van der Waals surface area (Å²) in [6, 6.07) is 21.1. The molecule has 38 heavy (non-hydrogen) atoms. The van der Waals surface area contributed by atoms with Gasteiger partial charge in [-0.15, -0.1) is 0 Å². The van der Waals surface area contributed by atoms with Crippen molar-refractivity contribution in [1.29, 1.82) is 0 Å². The zero-order valence-electron chi connectivity index (χ0n) is 22.3. The average molecular weight is 508 g/mol. The predicted molar refractivity (Wildman–Crippen MR) is 152 cm³/mol. The van der Waals surface area contributed by atoms with Crippen molar-refractivity contribution in [2.45, 2.75) is 65.2 Å². The van der Waals surface area contributed by atoms with Crippen LogP contribution in [0, 0.1) is 12.3 Å². The molecule has 4 aromatic carbocycles. The highest BCUT2D eigenvalue weighted by Gasteiger charge is 2.40. The highest BCUT2D eigenvalue weighted by Crippen LogP contribution is 2.48. The van der Waals surface area contributed by atoms with Gasteiger partial charge in [0, 0.05) is 40.1 Å². The van der Waals surface area contributed by atoms with Crippen LogP contribution in [0.4, 0.5) is 14.5 Å². The predicted octanol–water partition coefficient (Wildman–Crippen LogP) is 10.0. The molecule has 5 aromatic rings. The largest absolute Gasteiger partial charge is 0.455 e. The first kappa shape index (κ1) is 23.6. The first-order valence-corrected chi connectivity index (χ1v) is 13.5. The minimum absolute atomic E-state index is 0.0429. The van der Waals surface area contributed by atoms with Crippen LogP contribution in [-0.4, -0.2) is 11.6 Å². The van der Waals surface area contributed by atoms with Gasteiger partial charge >= 0.3 is 0 Å². The number of rotatable bonds is 3. The standard InChI is InChI=1S/C34H31F2NO/c1-19-11-25-24-7-5-6-8-29(24)38-32(25)27(12-19)31-26-16-22(21-9-10-34(35,36)18-21)15-23-13-20(17-33(2,3)4)14-28(37-31)30(23)26/h5-8,11-16,21H,9-10,17-18H2,1-4H3. The molecule has 0 amide bonds. The Morgan fingerprint density at radius 2 is 1.79 bits per heavy atom. The van der Waals surface area contributed by atoms with Gasteiger partial charge in [0.1, 0.15) is 11.2 Å². The summed E-state index contributed by atoms with van der Waals surface area (Å²) < 4.78 is 34.9. The molecule has 1 aliphatic heterocycles. The van der Waals surface area contributed by atoms with Crippen molar-refractivity contribution in [2.24, 2.45) is 10.4 Å². The van der Waals surface area contributed by atoms with E-state index in [9.17, 15) is 8.78 Å². The fraction of sp³-hybridized carbons (Fsp3) is 0.324. The van der Waals surface area contributed by atoms with Gasteiger partial charge in [0.05, 0.1) is 11.4 Å². The molecular weight excluding hydrogens is 476 g/mol. The van der Waals surface area contributed by atoms with E-state index < -0.39 is 5.92 Å². The molecule has 0 radical (unpaired) electrons. The van der Waals surface area contributed by atoms with Crippen LogP contribution in [0.25, 0.3) is 32.7 Å². The molecule has 192 valence electrons. The number of aliphatic imine (C=N–C) groups is 1. The maximum absolute atomic E-state index is 14.3. The van der Waals surface area contributed by atoms with Crippen LogP contribution in [-0.2, 0) is 6.42 Å². The summed E-state index contributed by atoms with van der Waals surface area (Å²) in [6.45, 7) is 8.80. The summed E-state index contributed by atoms with van der Waals surface area (Å²) in [5, 5.41) is 4.36. The molecule has 2 aliphatic rings. The Labute approximate surface area is 221 Å². The zero-order chi connectivity index (χ0) is 26.4. The first-order chi connectivity index (χ1) is 18.0. The molecule has 7 rings (SSSR count). The molecule has 2 nitrogen and oxygen atoms in total. The van der Waals surface area contributed by atoms with Gasteiger partial charge < -0.3 is 4.42 Å². The van der Waals surface area contributed by atoms with E-state index in [2.05, 4.69) is 70.2 Å². The second-order valence-corrected chi connectivity index (χ2v) is 12.6. The Morgan fingerprint density at radius 1 is 0.974 bits per heavy atom. The summed E-state index contributed by atoms with van der Waals surface area (Å²) in [5.74, 6) is -2.74. The average Bonchev–Trinajstić information content (AvgIpc) is 3.51. The van der Waals surface area contributed by atoms with Gasteiger partial charge in [0.25, 0.3) is 0 Å². The van der Waals surface area contributed by atoms with Crippen LogP contribution in [0.3, 0.4) is 0 Å². The lowest BCUT2D eigenvalue weighted by molar-refractivity contribution is 0.00777. The van der Waals surface area contributed by atoms with Crippen LogP contribution in [0.1, 0.15) is 73.8 Å². The quantitative estimate of drug-likeness (QED) is 0.234. The maximum Gasteiger partial charge on any atom is 0.248 e. The number of hydrogen-bond donors (Lipinski definition) is 0. The van der Waals surface area contributed by atoms with E-state index in [1.807, 2.05) is 18.2 Å². The van der Waals surface area contributed by atoms with Gasteiger partial charge in [0.2, 0.25) is 5.92 Å². The van der Waals surface area contributed by atoms with E-state index in [0.29, 0.717) is 6.42 Å². The van der Waals surface area contributed by atoms with Crippen molar-refractivity contribution in [2.75, 3.05) is 0 Å². The lowest BCUT2D eigenvalue weighted by atomic mass is 9.85. The Bertz CT molecular complexity index is 1800. The van der Waals surface area contributed by atoms with Crippen LogP contribution < -0.4 is 0 Å². The van der Waals surface area contributed by atoms with Gasteiger partial charge in [-0.2, -0.15) is 0 Å². The molecule has 4 heteroatoms. The Morgan fingerprint density at radius 3 is 2.55 bits per heavy atom. The van der Waals surface area contributed by atoms with Crippen molar-refractivity contribution in [3.05, 3.63) is 88.5 Å². The van der Waals surface area contributed by atoms with E-state index >= 15 is 0 Å². The van der Waals surface area contributed by atoms with E-state index in [-0.39, 0.29) is 24.2 Å². The van der Waals surface area contributed by atoms with Crippen molar-refractivity contribution >= 4 is 44.1 Å². The smallest absolute Gasteiger partial charge is 0.248 e. The molecule has 1 unspecified atom stereocenters. The van der Waals surface area contributed by atoms with Gasteiger partial charge in [-0.1, -0.05) is 51.1 Å². The fourth-order valence-electron chi connectivity index (χ4n) is 6.57. The highest BCUT2D eigenvalue weighted by atomic mass is 19.3. The second kappa shape index (κ2) is 7.99. The molecule has 0 saturated heterocycles. The zero-order valence-corrected chi connectivity index (χ0v) is 22.3. The first-order valence-electron chi connectivity index (χ1n) is 13.5. The monoisotopic (exact) mass is 507 g/mol. The number of halogens is 2. The number of benzene rings is 4. The molecule has 0 N–H and O–H groups in total. The lowest BCUT2D eigenvalue weighted by Crippen LogP contribution is -2.10. The normalized spacial score (nSPS) is 18.7. The molecular formula is C34H31F2NO. The number of furan rings is 1. The third-order valence-electron chi connectivity index (χ3n) is 8.08. The van der Waals surface area contributed by atoms with Crippen LogP contribution >= 0.6 is 0 Å². The summed E-state index contributed by atoms with van der Waals surface area (Å²) in [5.41, 5.74) is 8.96. The third-order valence-corrected chi connectivity index (χ3v) is 8.08. The van der Waals surface area contributed by atoms with Gasteiger partial charge in [0.15, 0.2) is 0 Å². The number of para-hydroxylation sites is 1. The Balaban J connectivity index is 1.48. The van der Waals surface area contributed by atoms with Crippen molar-refractivity contribution < 1.29 is 13.2 Å². The van der Waals surface area contributed by atoms with Crippen LogP contribution in [0.5, 0.6) is 0 Å². The molecule has 1 atom stereocenters. The van der Waals surface area contributed by atoms with Crippen molar-refractivity contribution in [3.8, 4) is 0 Å². The van der Waals surface area contributed by atoms with Gasteiger partial charge in [-0.05, 0) is 83.5 Å². The van der Waals surface area contributed by atoms with Crippen molar-refractivity contribution in [3.63, 3.8) is 0 Å². The maximum atomic E-state index is 14.3. The number of aryl methyl sites for hydroxylation is 1. The molecule has 2 heterocycles. The number of alkyl halides is 2. The highest BCUT2D eigenvalue weighted by molar-refractivity contribution is 6.30. The number of hydrogen-bond acceptors (Lipinski definition) is 2. The Hall–Kier alpha value is -3.53. The number of nitrogens with zero attached hydrogens (tertiary/aromatic N) is 1. The van der Waals surface area contributed by atoms with E-state index in [0.717, 1.165) is 72.8 Å². The van der Waals surface area contributed by atoms with Gasteiger partial charge in [-0.3, -0.25) is 0 Å². The van der Waals surface area contributed by atoms with Crippen LogP contribution in [0.15, 0.2) is 70.1 Å².